The van der Waals surface area contributed by atoms with E-state index in [1.165, 1.54) is 44.9 Å². The number of esters is 2. The number of likely N-dealkylation sites (N-methyl/N-ethyl adjacent to an activating group) is 1. The Kier molecular flexibility index (Phi) is 27.2. The number of phosphoric acid groups is 1. The molecule has 9 nitrogen and oxygen atoms in total. The first kappa shape index (κ1) is 42.8. The third-order valence-electron chi connectivity index (χ3n) is 7.30. The van der Waals surface area contributed by atoms with E-state index in [1.807, 2.05) is 21.1 Å². The van der Waals surface area contributed by atoms with Crippen LogP contribution in [-0.4, -0.2) is 74.9 Å². The van der Waals surface area contributed by atoms with E-state index in [9.17, 15) is 19.0 Å². The van der Waals surface area contributed by atoms with Gasteiger partial charge in [-0.05, 0) is 38.5 Å². The second kappa shape index (κ2) is 28.0. The van der Waals surface area contributed by atoms with Crippen molar-refractivity contribution in [2.24, 2.45) is 0 Å². The molecule has 0 radical (unpaired) electrons. The molecule has 0 bridgehead atoms. The third-order valence-corrected chi connectivity index (χ3v) is 8.28. The van der Waals surface area contributed by atoms with Crippen molar-refractivity contribution in [1.82, 2.24) is 0 Å². The number of ether oxygens (including phenoxy) is 2. The number of hydrogen-bond donors (Lipinski definition) is 1. The van der Waals surface area contributed by atoms with E-state index >= 15 is 0 Å². The fourth-order valence-corrected chi connectivity index (χ4v) is 5.22. The van der Waals surface area contributed by atoms with E-state index in [-0.39, 0.29) is 32.0 Å². The zero-order valence-electron chi connectivity index (χ0n) is 28.9. The summed E-state index contributed by atoms with van der Waals surface area (Å²) in [6.45, 7) is 4.29. The molecule has 0 aromatic heterocycles. The lowest BCUT2D eigenvalue weighted by molar-refractivity contribution is -0.870. The van der Waals surface area contributed by atoms with Gasteiger partial charge >= 0.3 is 19.8 Å². The standard InChI is InChI=1S/C34H66NO8P/c1-6-8-10-12-13-14-15-16-17-18-19-20-21-23-25-27-34(37)43-32(30-40-33(36)26-24-22-11-9-7-2)31-42-44(38,39)41-29-28-35(3,4)5/h16-17,32H,6-15,18-31H2,1-5H3/p+1/b17-16+/t32-/m1/s1. The molecule has 0 fully saturated rings. The van der Waals surface area contributed by atoms with Crippen LogP contribution in [0.5, 0.6) is 0 Å². The lowest BCUT2D eigenvalue weighted by atomic mass is 10.1. The smallest absolute Gasteiger partial charge is 0.462 e. The van der Waals surface area contributed by atoms with E-state index in [0.717, 1.165) is 64.2 Å². The highest BCUT2D eigenvalue weighted by Crippen LogP contribution is 2.43. The van der Waals surface area contributed by atoms with Gasteiger partial charge in [-0.25, -0.2) is 4.57 Å². The van der Waals surface area contributed by atoms with Crippen molar-refractivity contribution in [3.05, 3.63) is 12.2 Å². The summed E-state index contributed by atoms with van der Waals surface area (Å²) in [5.74, 6) is -0.822. The monoisotopic (exact) mass is 648 g/mol. The summed E-state index contributed by atoms with van der Waals surface area (Å²) in [5.41, 5.74) is 0. The molecule has 0 aromatic rings. The quantitative estimate of drug-likeness (QED) is 0.0262. The Morgan fingerprint density at radius 1 is 0.682 bits per heavy atom. The number of rotatable bonds is 31. The predicted octanol–water partition coefficient (Wildman–Crippen LogP) is 8.68. The molecule has 0 aliphatic rings. The Morgan fingerprint density at radius 2 is 1.16 bits per heavy atom. The summed E-state index contributed by atoms with van der Waals surface area (Å²) < 4.78 is 33.9. The van der Waals surface area contributed by atoms with E-state index in [1.54, 1.807) is 0 Å². The summed E-state index contributed by atoms with van der Waals surface area (Å²) >= 11 is 0. The number of allylic oxidation sites excluding steroid dienone is 2. The van der Waals surface area contributed by atoms with Gasteiger partial charge in [-0.3, -0.25) is 18.6 Å². The van der Waals surface area contributed by atoms with Crippen molar-refractivity contribution in [1.29, 1.82) is 0 Å². The van der Waals surface area contributed by atoms with Gasteiger partial charge < -0.3 is 18.9 Å². The highest BCUT2D eigenvalue weighted by Gasteiger charge is 2.27. The van der Waals surface area contributed by atoms with Crippen LogP contribution >= 0.6 is 7.82 Å². The van der Waals surface area contributed by atoms with Gasteiger partial charge in [-0.1, -0.05) is 103 Å². The maximum absolute atomic E-state index is 12.5. The third kappa shape index (κ3) is 30.8. The molecule has 0 aliphatic heterocycles. The molecule has 2 atom stereocenters. The van der Waals surface area contributed by atoms with Crippen LogP contribution < -0.4 is 0 Å². The molecule has 0 aromatic carbocycles. The van der Waals surface area contributed by atoms with Crippen LogP contribution in [0.2, 0.25) is 0 Å². The fraction of sp³-hybridized carbons (Fsp3) is 0.882. The second-order valence-corrected chi connectivity index (χ2v) is 14.4. The van der Waals surface area contributed by atoms with Crippen molar-refractivity contribution >= 4 is 19.8 Å². The summed E-state index contributed by atoms with van der Waals surface area (Å²) in [6, 6.07) is 0. The zero-order chi connectivity index (χ0) is 32.9. The SMILES string of the molecule is CCCCCCCC/C=C/CCCCCCCC(=O)O[C@H](COC(=O)CCCCCCC)COP(=O)(O)OCC[N+](C)(C)C. The number of nitrogens with zero attached hydrogens (tertiary/aromatic N) is 1. The molecule has 0 heterocycles. The van der Waals surface area contributed by atoms with Crippen LogP contribution in [-0.2, 0) is 32.7 Å². The normalized spacial score (nSPS) is 14.0. The average molecular weight is 649 g/mol. The van der Waals surface area contributed by atoms with Crippen molar-refractivity contribution in [2.75, 3.05) is 47.5 Å². The molecule has 0 rings (SSSR count). The van der Waals surface area contributed by atoms with Crippen LogP contribution in [0.25, 0.3) is 0 Å². The number of unbranched alkanes of at least 4 members (excludes halogenated alkanes) is 15. The fourth-order valence-electron chi connectivity index (χ4n) is 4.48. The van der Waals surface area contributed by atoms with Gasteiger partial charge in [0.25, 0.3) is 0 Å². The van der Waals surface area contributed by atoms with E-state index in [2.05, 4.69) is 26.0 Å². The highest BCUT2D eigenvalue weighted by molar-refractivity contribution is 7.47. The molecule has 0 amide bonds. The Hall–Kier alpha value is -1.25. The number of phosphoric ester groups is 1. The molecule has 1 N–H and O–H groups in total. The molecule has 260 valence electrons. The zero-order valence-corrected chi connectivity index (χ0v) is 29.8. The van der Waals surface area contributed by atoms with Crippen LogP contribution in [0.1, 0.15) is 142 Å². The van der Waals surface area contributed by atoms with Gasteiger partial charge in [-0.15, -0.1) is 0 Å². The molecule has 10 heteroatoms. The minimum Gasteiger partial charge on any atom is -0.462 e. The predicted molar refractivity (Wildman–Crippen MR) is 178 cm³/mol. The number of carbonyl (C=O) groups excluding carboxylic acids is 2. The van der Waals surface area contributed by atoms with Crippen LogP contribution in [0.3, 0.4) is 0 Å². The summed E-state index contributed by atoms with van der Waals surface area (Å²) in [4.78, 5) is 34.8. The lowest BCUT2D eigenvalue weighted by Gasteiger charge is -2.24. The van der Waals surface area contributed by atoms with E-state index in [4.69, 9.17) is 18.5 Å². The minimum atomic E-state index is -4.35. The molecular formula is C34H67NO8P+. The Morgan fingerprint density at radius 3 is 1.68 bits per heavy atom. The Labute approximate surface area is 269 Å². The van der Waals surface area contributed by atoms with E-state index in [0.29, 0.717) is 17.4 Å². The highest BCUT2D eigenvalue weighted by atomic mass is 31.2. The second-order valence-electron chi connectivity index (χ2n) is 12.9. The summed E-state index contributed by atoms with van der Waals surface area (Å²) in [5, 5.41) is 0. The van der Waals surface area contributed by atoms with Crippen LogP contribution in [0, 0.1) is 0 Å². The van der Waals surface area contributed by atoms with Gasteiger partial charge in [-0.2, -0.15) is 0 Å². The largest absolute Gasteiger partial charge is 0.472 e. The average Bonchev–Trinajstić information content (AvgIpc) is 2.95. The first-order chi connectivity index (χ1) is 21.0. The summed E-state index contributed by atoms with van der Waals surface area (Å²) in [6.07, 6.45) is 24.4. The van der Waals surface area contributed by atoms with Crippen molar-refractivity contribution in [3.8, 4) is 0 Å². The van der Waals surface area contributed by atoms with Crippen molar-refractivity contribution in [2.45, 2.75) is 148 Å². The first-order valence-electron chi connectivity index (χ1n) is 17.4. The molecular weight excluding hydrogens is 581 g/mol. The van der Waals surface area contributed by atoms with Gasteiger partial charge in [0.2, 0.25) is 0 Å². The maximum atomic E-state index is 12.5. The molecule has 1 unspecified atom stereocenters. The van der Waals surface area contributed by atoms with E-state index < -0.39 is 26.5 Å². The minimum absolute atomic E-state index is 0.0320. The van der Waals surface area contributed by atoms with Crippen molar-refractivity contribution < 1.29 is 42.1 Å². The van der Waals surface area contributed by atoms with Crippen molar-refractivity contribution in [3.63, 3.8) is 0 Å². The number of hydrogen-bond acceptors (Lipinski definition) is 7. The maximum Gasteiger partial charge on any atom is 0.472 e. The van der Waals surface area contributed by atoms with Gasteiger partial charge in [0, 0.05) is 12.8 Å². The first-order valence-corrected chi connectivity index (χ1v) is 18.9. The van der Waals surface area contributed by atoms with Crippen LogP contribution in [0.15, 0.2) is 12.2 Å². The topological polar surface area (TPSA) is 108 Å². The number of quaternary nitrogens is 1. The van der Waals surface area contributed by atoms with Gasteiger partial charge in [0.1, 0.15) is 19.8 Å². The lowest BCUT2D eigenvalue weighted by Crippen LogP contribution is -2.37. The molecule has 0 saturated carbocycles. The van der Waals surface area contributed by atoms with Gasteiger partial charge in [0.05, 0.1) is 27.7 Å². The Bertz CT molecular complexity index is 784. The van der Waals surface area contributed by atoms with Gasteiger partial charge in [0.15, 0.2) is 6.10 Å². The summed E-state index contributed by atoms with van der Waals surface area (Å²) in [7, 11) is 1.47. The van der Waals surface area contributed by atoms with Crippen LogP contribution in [0.4, 0.5) is 0 Å². The number of carbonyl (C=O) groups is 2. The molecule has 0 spiro atoms. The molecule has 0 saturated heterocycles. The molecule has 0 aliphatic carbocycles. The molecule has 44 heavy (non-hydrogen) atoms. The Balaban J connectivity index is 4.38.